The summed E-state index contributed by atoms with van der Waals surface area (Å²) < 4.78 is 28.9. The summed E-state index contributed by atoms with van der Waals surface area (Å²) >= 11 is 0. The quantitative estimate of drug-likeness (QED) is 0.611. The number of rotatable bonds is 3. The van der Waals surface area contributed by atoms with Crippen LogP contribution in [0.4, 0.5) is 4.39 Å². The van der Waals surface area contributed by atoms with Crippen LogP contribution in [0.15, 0.2) is 12.1 Å². The molecule has 1 atom stereocenters. The monoisotopic (exact) mass is 268 g/mol. The molecule has 1 aromatic carbocycles. The number of halogens is 1. The second-order valence-electron chi connectivity index (χ2n) is 4.16. The van der Waals surface area contributed by atoms with Crippen molar-refractivity contribution in [3.63, 3.8) is 0 Å². The fraction of sp³-hybridized carbons (Fsp3) is 0.385. The van der Waals surface area contributed by atoms with Crippen molar-refractivity contribution in [2.45, 2.75) is 12.1 Å². The van der Waals surface area contributed by atoms with Crippen molar-refractivity contribution >= 4 is 11.8 Å². The number of ether oxygens (including phenoxy) is 3. The molecule has 0 saturated heterocycles. The first kappa shape index (κ1) is 13.3. The van der Waals surface area contributed by atoms with Crippen LogP contribution in [0, 0.1) is 0 Å². The van der Waals surface area contributed by atoms with Crippen LogP contribution in [-0.2, 0) is 16.0 Å². The van der Waals surface area contributed by atoms with E-state index in [-0.39, 0.29) is 12.0 Å². The third-order valence-corrected chi connectivity index (χ3v) is 3.16. The second-order valence-corrected chi connectivity index (χ2v) is 4.16. The number of benzene rings is 1. The van der Waals surface area contributed by atoms with E-state index in [0.29, 0.717) is 17.1 Å². The van der Waals surface area contributed by atoms with Gasteiger partial charge in [0.2, 0.25) is 5.78 Å². The van der Waals surface area contributed by atoms with Crippen molar-refractivity contribution < 1.29 is 28.2 Å². The summed E-state index contributed by atoms with van der Waals surface area (Å²) in [6, 6.07) is 2.87. The van der Waals surface area contributed by atoms with E-state index >= 15 is 0 Å². The number of hydrogen-bond acceptors (Lipinski definition) is 5. The predicted octanol–water partition coefficient (Wildman–Crippen LogP) is 1.32. The molecule has 0 N–H and O–H groups in total. The Hall–Kier alpha value is -2.11. The molecule has 0 fully saturated rings. The highest BCUT2D eigenvalue weighted by Gasteiger charge is 2.54. The lowest BCUT2D eigenvalue weighted by atomic mass is 10.0. The van der Waals surface area contributed by atoms with E-state index in [0.717, 1.165) is 7.11 Å². The Morgan fingerprint density at radius 2 is 1.79 bits per heavy atom. The van der Waals surface area contributed by atoms with Gasteiger partial charge in [-0.05, 0) is 17.7 Å². The lowest BCUT2D eigenvalue weighted by Crippen LogP contribution is -2.40. The molecule has 0 saturated carbocycles. The molecule has 0 aromatic heterocycles. The van der Waals surface area contributed by atoms with Gasteiger partial charge >= 0.3 is 5.97 Å². The van der Waals surface area contributed by atoms with E-state index in [1.807, 2.05) is 0 Å². The van der Waals surface area contributed by atoms with Gasteiger partial charge in [-0.25, -0.2) is 9.18 Å². The lowest BCUT2D eigenvalue weighted by Gasteiger charge is -2.13. The molecule has 0 aliphatic heterocycles. The van der Waals surface area contributed by atoms with E-state index in [1.165, 1.54) is 26.4 Å². The molecule has 19 heavy (non-hydrogen) atoms. The van der Waals surface area contributed by atoms with Crippen LogP contribution >= 0.6 is 0 Å². The minimum absolute atomic E-state index is 0.116. The van der Waals surface area contributed by atoms with Crippen LogP contribution in [0.2, 0.25) is 0 Å². The van der Waals surface area contributed by atoms with Crippen LogP contribution < -0.4 is 9.47 Å². The topological polar surface area (TPSA) is 61.8 Å². The van der Waals surface area contributed by atoms with Crippen molar-refractivity contribution in [2.75, 3.05) is 21.3 Å². The van der Waals surface area contributed by atoms with E-state index in [9.17, 15) is 14.0 Å². The average Bonchev–Trinajstić information content (AvgIpc) is 2.68. The van der Waals surface area contributed by atoms with Crippen molar-refractivity contribution in [3.8, 4) is 11.5 Å². The molecule has 5 nitrogen and oxygen atoms in total. The van der Waals surface area contributed by atoms with Crippen molar-refractivity contribution in [3.05, 3.63) is 23.3 Å². The largest absolute Gasteiger partial charge is 0.493 e. The predicted molar refractivity (Wildman–Crippen MR) is 63.4 cm³/mol. The van der Waals surface area contributed by atoms with Crippen LogP contribution in [0.5, 0.6) is 11.5 Å². The van der Waals surface area contributed by atoms with E-state index in [1.54, 1.807) is 0 Å². The maximum Gasteiger partial charge on any atom is 0.352 e. The Balaban J connectivity index is 2.52. The molecule has 1 unspecified atom stereocenters. The summed E-state index contributed by atoms with van der Waals surface area (Å²) in [5.41, 5.74) is -2.14. The molecule has 6 heteroatoms. The fourth-order valence-electron chi connectivity index (χ4n) is 2.16. The SMILES string of the molecule is COC(=O)C1(F)Cc2cc(OC)c(OC)cc2C1=O. The summed E-state index contributed by atoms with van der Waals surface area (Å²) in [6.07, 6.45) is -0.353. The smallest absolute Gasteiger partial charge is 0.352 e. The summed E-state index contributed by atoms with van der Waals surface area (Å²) in [4.78, 5) is 23.5. The number of carbonyl (C=O) groups is 2. The molecule has 0 radical (unpaired) electrons. The zero-order chi connectivity index (χ0) is 14.2. The van der Waals surface area contributed by atoms with Crippen LogP contribution in [0.1, 0.15) is 15.9 Å². The van der Waals surface area contributed by atoms with Crippen molar-refractivity contribution in [1.29, 1.82) is 0 Å². The molecule has 0 amide bonds. The number of carbonyl (C=O) groups excluding carboxylic acids is 2. The highest BCUT2D eigenvalue weighted by molar-refractivity contribution is 6.19. The highest BCUT2D eigenvalue weighted by Crippen LogP contribution is 2.40. The standard InChI is InChI=1S/C13H13FO5/c1-17-9-4-7-6-13(14,12(16)19-3)11(15)8(7)5-10(9)18-2/h4-5H,6H2,1-3H3. The number of fused-ring (bicyclic) bond motifs is 1. The summed E-state index contributed by atoms with van der Waals surface area (Å²) in [6.45, 7) is 0. The fourth-order valence-corrected chi connectivity index (χ4v) is 2.16. The van der Waals surface area contributed by atoms with Crippen LogP contribution in [0.3, 0.4) is 0 Å². The van der Waals surface area contributed by atoms with Gasteiger partial charge in [0.1, 0.15) is 0 Å². The van der Waals surface area contributed by atoms with E-state index in [2.05, 4.69) is 4.74 Å². The number of alkyl halides is 1. The van der Waals surface area contributed by atoms with Gasteiger partial charge in [0.15, 0.2) is 11.5 Å². The number of Topliss-reactive ketones (excluding diaryl/α,β-unsaturated/α-hetero) is 1. The lowest BCUT2D eigenvalue weighted by molar-refractivity contribution is -0.150. The van der Waals surface area contributed by atoms with E-state index < -0.39 is 17.4 Å². The first-order valence-electron chi connectivity index (χ1n) is 5.55. The number of hydrogen-bond donors (Lipinski definition) is 0. The third kappa shape index (κ3) is 1.83. The summed E-state index contributed by atoms with van der Waals surface area (Å²) in [5.74, 6) is -1.41. The average molecular weight is 268 g/mol. The zero-order valence-corrected chi connectivity index (χ0v) is 10.8. The van der Waals surface area contributed by atoms with Crippen molar-refractivity contribution in [2.24, 2.45) is 0 Å². The Morgan fingerprint density at radius 3 is 2.32 bits per heavy atom. The number of ketones is 1. The summed E-state index contributed by atoms with van der Waals surface area (Å²) in [5, 5.41) is 0. The molecular formula is C13H13FO5. The maximum atomic E-state index is 14.5. The van der Waals surface area contributed by atoms with Gasteiger partial charge in [0.25, 0.3) is 5.67 Å². The minimum Gasteiger partial charge on any atom is -0.493 e. The second kappa shape index (κ2) is 4.53. The molecule has 1 aromatic rings. The van der Waals surface area contributed by atoms with Gasteiger partial charge in [0.05, 0.1) is 21.3 Å². The highest BCUT2D eigenvalue weighted by atomic mass is 19.1. The molecule has 0 heterocycles. The van der Waals surface area contributed by atoms with Gasteiger partial charge in [-0.1, -0.05) is 0 Å². The first-order chi connectivity index (χ1) is 8.97. The zero-order valence-electron chi connectivity index (χ0n) is 10.8. The molecule has 0 spiro atoms. The number of methoxy groups -OCH3 is 3. The molecule has 2 rings (SSSR count). The van der Waals surface area contributed by atoms with Crippen LogP contribution in [-0.4, -0.2) is 38.8 Å². The van der Waals surface area contributed by atoms with Gasteiger partial charge < -0.3 is 14.2 Å². The normalized spacial score (nSPS) is 20.9. The number of esters is 1. The molecule has 1 aliphatic carbocycles. The van der Waals surface area contributed by atoms with Crippen molar-refractivity contribution in [1.82, 2.24) is 0 Å². The van der Waals surface area contributed by atoms with Gasteiger partial charge in [-0.3, -0.25) is 4.79 Å². The van der Waals surface area contributed by atoms with E-state index in [4.69, 9.17) is 9.47 Å². The molecule has 1 aliphatic rings. The Bertz CT molecular complexity index is 554. The van der Waals surface area contributed by atoms with Crippen LogP contribution in [0.25, 0.3) is 0 Å². The third-order valence-electron chi connectivity index (χ3n) is 3.16. The van der Waals surface area contributed by atoms with Gasteiger partial charge in [0, 0.05) is 12.0 Å². The summed E-state index contributed by atoms with van der Waals surface area (Å²) in [7, 11) is 3.89. The Kier molecular flexibility index (Phi) is 3.18. The van der Waals surface area contributed by atoms with Gasteiger partial charge in [-0.15, -0.1) is 0 Å². The Morgan fingerprint density at radius 1 is 1.21 bits per heavy atom. The molecular weight excluding hydrogens is 255 g/mol. The Labute approximate surface area is 109 Å². The minimum atomic E-state index is -2.66. The molecule has 102 valence electrons. The first-order valence-corrected chi connectivity index (χ1v) is 5.55. The molecule has 0 bridgehead atoms. The maximum absolute atomic E-state index is 14.5. The van der Waals surface area contributed by atoms with Gasteiger partial charge in [-0.2, -0.15) is 0 Å².